The van der Waals surface area contributed by atoms with Crippen molar-refractivity contribution in [2.75, 3.05) is 0 Å². The van der Waals surface area contributed by atoms with Gasteiger partial charge in [-0.1, -0.05) is 0 Å². The topological polar surface area (TPSA) is 131 Å². The van der Waals surface area contributed by atoms with Gasteiger partial charge in [0.2, 0.25) is 0 Å². The van der Waals surface area contributed by atoms with Gasteiger partial charge in [0.1, 0.15) is 18.7 Å². The second kappa shape index (κ2) is 4.51. The number of hydrogen-bond acceptors (Lipinski definition) is 5. The number of rotatable bonds is 5. The zero-order valence-electron chi connectivity index (χ0n) is 7.65. The summed E-state index contributed by atoms with van der Waals surface area (Å²) < 4.78 is 1.13. The maximum atomic E-state index is 10.6. The van der Waals surface area contributed by atoms with Crippen LogP contribution in [-0.4, -0.2) is 43.0 Å². The highest BCUT2D eigenvalue weighted by Crippen LogP contribution is 2.13. The van der Waals surface area contributed by atoms with E-state index in [1.165, 1.54) is 12.7 Å². The van der Waals surface area contributed by atoms with Crippen molar-refractivity contribution in [1.82, 2.24) is 14.8 Å². The van der Waals surface area contributed by atoms with Crippen LogP contribution in [-0.2, 0) is 9.59 Å². The average molecular weight is 214 g/mol. The van der Waals surface area contributed by atoms with Crippen LogP contribution in [0.15, 0.2) is 12.7 Å². The number of carboxylic acids is 2. The Labute approximate surface area is 84.3 Å². The lowest BCUT2D eigenvalue weighted by Crippen LogP contribution is -2.40. The van der Waals surface area contributed by atoms with Crippen LogP contribution < -0.4 is 5.73 Å². The van der Waals surface area contributed by atoms with Crippen LogP contribution in [0.3, 0.4) is 0 Å². The van der Waals surface area contributed by atoms with Crippen molar-refractivity contribution in [3.8, 4) is 0 Å². The van der Waals surface area contributed by atoms with Gasteiger partial charge in [0.25, 0.3) is 0 Å². The molecule has 0 aliphatic carbocycles. The van der Waals surface area contributed by atoms with Crippen molar-refractivity contribution in [1.29, 1.82) is 0 Å². The van der Waals surface area contributed by atoms with Crippen molar-refractivity contribution in [3.63, 3.8) is 0 Å². The van der Waals surface area contributed by atoms with Crippen LogP contribution in [0.4, 0.5) is 0 Å². The Morgan fingerprint density at radius 2 is 2.13 bits per heavy atom. The van der Waals surface area contributed by atoms with Crippen molar-refractivity contribution < 1.29 is 19.8 Å². The third kappa shape index (κ3) is 2.74. The molecule has 0 aliphatic rings. The highest BCUT2D eigenvalue weighted by atomic mass is 16.4. The lowest BCUT2D eigenvalue weighted by molar-refractivity contribution is -0.141. The average Bonchev–Trinajstić information content (AvgIpc) is 2.65. The van der Waals surface area contributed by atoms with Gasteiger partial charge in [-0.2, -0.15) is 5.10 Å². The summed E-state index contributed by atoms with van der Waals surface area (Å²) in [5.74, 6) is -2.43. The SMILES string of the molecule is NC(C(=O)O)C(CC(=O)O)n1cncn1. The van der Waals surface area contributed by atoms with E-state index in [2.05, 4.69) is 10.1 Å². The van der Waals surface area contributed by atoms with Gasteiger partial charge in [0, 0.05) is 0 Å². The Hall–Kier alpha value is -1.96. The summed E-state index contributed by atoms with van der Waals surface area (Å²) in [6, 6.07) is -2.27. The fourth-order valence-electron chi connectivity index (χ4n) is 1.12. The Morgan fingerprint density at radius 1 is 1.47 bits per heavy atom. The Morgan fingerprint density at radius 3 is 2.53 bits per heavy atom. The van der Waals surface area contributed by atoms with Crippen LogP contribution in [0, 0.1) is 0 Å². The first-order chi connectivity index (χ1) is 7.02. The van der Waals surface area contributed by atoms with E-state index in [-0.39, 0.29) is 0 Å². The van der Waals surface area contributed by atoms with E-state index in [0.29, 0.717) is 0 Å². The summed E-state index contributed by atoms with van der Waals surface area (Å²) >= 11 is 0. The predicted octanol–water partition coefficient (Wildman–Crippen LogP) is -1.29. The molecule has 2 atom stereocenters. The summed E-state index contributed by atoms with van der Waals surface area (Å²) in [6.07, 6.45) is 2.00. The van der Waals surface area contributed by atoms with Crippen LogP contribution in [0.1, 0.15) is 12.5 Å². The van der Waals surface area contributed by atoms with Crippen LogP contribution >= 0.6 is 0 Å². The zero-order valence-corrected chi connectivity index (χ0v) is 7.65. The second-order valence-corrected chi connectivity index (χ2v) is 2.90. The van der Waals surface area contributed by atoms with Gasteiger partial charge in [-0.05, 0) is 0 Å². The molecule has 0 saturated carbocycles. The smallest absolute Gasteiger partial charge is 0.322 e. The molecular weight excluding hydrogens is 204 g/mol. The molecule has 15 heavy (non-hydrogen) atoms. The molecule has 0 bridgehead atoms. The first kappa shape index (κ1) is 11.1. The molecule has 2 unspecified atom stereocenters. The molecule has 1 heterocycles. The molecule has 1 rings (SSSR count). The number of carbonyl (C=O) groups is 2. The van der Waals surface area contributed by atoms with Crippen molar-refractivity contribution >= 4 is 11.9 Å². The standard InChI is InChI=1S/C7H10N4O4/c8-6(7(14)15)4(1-5(12)13)11-3-9-2-10-11/h2-4,6H,1,8H2,(H,12,13)(H,14,15). The highest BCUT2D eigenvalue weighted by molar-refractivity contribution is 5.75. The Kier molecular flexibility index (Phi) is 3.34. The summed E-state index contributed by atoms with van der Waals surface area (Å²) in [6.45, 7) is 0. The minimum Gasteiger partial charge on any atom is -0.481 e. The van der Waals surface area contributed by atoms with Crippen molar-refractivity contribution in [2.24, 2.45) is 5.73 Å². The zero-order chi connectivity index (χ0) is 11.4. The highest BCUT2D eigenvalue weighted by Gasteiger charge is 2.28. The van der Waals surface area contributed by atoms with Gasteiger partial charge in [-0.3, -0.25) is 9.59 Å². The van der Waals surface area contributed by atoms with Gasteiger partial charge in [-0.15, -0.1) is 0 Å². The molecule has 8 nitrogen and oxygen atoms in total. The van der Waals surface area contributed by atoms with Gasteiger partial charge < -0.3 is 15.9 Å². The molecule has 8 heteroatoms. The molecule has 0 saturated heterocycles. The summed E-state index contributed by atoms with van der Waals surface area (Å²) in [5.41, 5.74) is 5.35. The summed E-state index contributed by atoms with van der Waals surface area (Å²) in [7, 11) is 0. The molecule has 0 amide bonds. The third-order valence-corrected chi connectivity index (χ3v) is 1.86. The first-order valence-corrected chi connectivity index (χ1v) is 4.06. The van der Waals surface area contributed by atoms with Gasteiger partial charge in [0.15, 0.2) is 0 Å². The predicted molar refractivity (Wildman–Crippen MR) is 46.9 cm³/mol. The van der Waals surface area contributed by atoms with E-state index in [4.69, 9.17) is 15.9 Å². The minimum absolute atomic E-state index is 0.420. The quantitative estimate of drug-likeness (QED) is 0.555. The number of hydrogen-bond donors (Lipinski definition) is 3. The van der Waals surface area contributed by atoms with Gasteiger partial charge >= 0.3 is 11.9 Å². The van der Waals surface area contributed by atoms with Crippen LogP contribution in [0.2, 0.25) is 0 Å². The number of aliphatic carboxylic acids is 2. The Balaban J connectivity index is 2.88. The summed E-state index contributed by atoms with van der Waals surface area (Å²) in [4.78, 5) is 24.8. The van der Waals surface area contributed by atoms with E-state index in [1.807, 2.05) is 0 Å². The maximum absolute atomic E-state index is 10.6. The molecule has 1 aromatic heterocycles. The lowest BCUT2D eigenvalue weighted by atomic mass is 10.1. The monoisotopic (exact) mass is 214 g/mol. The number of nitrogens with two attached hydrogens (primary N) is 1. The number of nitrogens with zero attached hydrogens (tertiary/aromatic N) is 3. The van der Waals surface area contributed by atoms with Gasteiger partial charge in [-0.25, -0.2) is 9.67 Å². The summed E-state index contributed by atoms with van der Waals surface area (Å²) in [5, 5.41) is 21.0. The molecule has 0 aromatic carbocycles. The molecule has 1 aromatic rings. The van der Waals surface area contributed by atoms with Gasteiger partial charge in [0.05, 0.1) is 12.5 Å². The molecule has 0 spiro atoms. The fourth-order valence-corrected chi connectivity index (χ4v) is 1.12. The fraction of sp³-hybridized carbons (Fsp3) is 0.429. The number of aromatic nitrogens is 3. The maximum Gasteiger partial charge on any atom is 0.322 e. The van der Waals surface area contributed by atoms with E-state index < -0.39 is 30.4 Å². The Bertz CT molecular complexity index is 350. The molecule has 0 radical (unpaired) electrons. The lowest BCUT2D eigenvalue weighted by Gasteiger charge is -2.18. The van der Waals surface area contributed by atoms with E-state index in [9.17, 15) is 9.59 Å². The normalized spacial score (nSPS) is 14.5. The van der Waals surface area contributed by atoms with Crippen molar-refractivity contribution in [3.05, 3.63) is 12.7 Å². The second-order valence-electron chi connectivity index (χ2n) is 2.90. The van der Waals surface area contributed by atoms with E-state index in [0.717, 1.165) is 4.68 Å². The molecule has 0 fully saturated rings. The van der Waals surface area contributed by atoms with Crippen LogP contribution in [0.5, 0.6) is 0 Å². The first-order valence-electron chi connectivity index (χ1n) is 4.06. The van der Waals surface area contributed by atoms with Crippen LogP contribution in [0.25, 0.3) is 0 Å². The molecule has 4 N–H and O–H groups in total. The molecular formula is C7H10N4O4. The third-order valence-electron chi connectivity index (χ3n) is 1.86. The largest absolute Gasteiger partial charge is 0.481 e. The van der Waals surface area contributed by atoms with E-state index in [1.54, 1.807) is 0 Å². The minimum atomic E-state index is -1.33. The molecule has 82 valence electrons. The van der Waals surface area contributed by atoms with E-state index >= 15 is 0 Å². The van der Waals surface area contributed by atoms with Crippen molar-refractivity contribution in [2.45, 2.75) is 18.5 Å². The molecule has 0 aliphatic heterocycles. The number of carboxylic acid groups (broad SMARTS) is 2.